The Hall–Kier alpha value is -2.28. The average molecular weight is 365 g/mol. The molecule has 0 heterocycles. The van der Waals surface area contributed by atoms with Gasteiger partial charge in [0.25, 0.3) is 0 Å². The van der Waals surface area contributed by atoms with Crippen LogP contribution in [0.1, 0.15) is 51.3 Å². The highest BCUT2D eigenvalue weighted by Crippen LogP contribution is 2.12. The Morgan fingerprint density at radius 2 is 1.77 bits per heavy atom. The Bertz CT molecular complexity index is 558. The van der Waals surface area contributed by atoms with Gasteiger partial charge in [-0.25, -0.2) is 9.59 Å². The molecule has 146 valence electrons. The van der Waals surface area contributed by atoms with Crippen molar-refractivity contribution < 1.29 is 19.4 Å². The highest BCUT2D eigenvalue weighted by atomic mass is 16.5. The van der Waals surface area contributed by atoms with E-state index in [-0.39, 0.29) is 12.1 Å². The van der Waals surface area contributed by atoms with E-state index in [1.807, 2.05) is 24.3 Å². The van der Waals surface area contributed by atoms with E-state index in [0.717, 1.165) is 17.5 Å². The lowest BCUT2D eigenvalue weighted by Crippen LogP contribution is -2.47. The van der Waals surface area contributed by atoms with Gasteiger partial charge in [0.15, 0.2) is 0 Å². The van der Waals surface area contributed by atoms with Crippen LogP contribution < -0.4 is 16.0 Å². The molecule has 0 aliphatic heterocycles. The molecule has 2 atom stereocenters. The fourth-order valence-corrected chi connectivity index (χ4v) is 2.48. The molecule has 1 aromatic carbocycles. The molecule has 0 aliphatic rings. The van der Waals surface area contributed by atoms with Gasteiger partial charge in [0.1, 0.15) is 0 Å². The molecule has 1 rings (SSSR count). The zero-order valence-corrected chi connectivity index (χ0v) is 16.0. The van der Waals surface area contributed by atoms with Crippen LogP contribution in [0.15, 0.2) is 24.3 Å². The molecular weight excluding hydrogens is 334 g/mol. The SMILES string of the molecule is CCOC(=O)N[C@@H](CNC(=O)NCc1ccc([C@@H](C)O)cc1)CC(C)C. The number of carbonyl (C=O) groups excluding carboxylic acids is 2. The number of aliphatic hydroxyl groups is 1. The number of rotatable bonds is 9. The summed E-state index contributed by atoms with van der Waals surface area (Å²) >= 11 is 0. The summed E-state index contributed by atoms with van der Waals surface area (Å²) in [4.78, 5) is 23.6. The molecule has 7 nitrogen and oxygen atoms in total. The summed E-state index contributed by atoms with van der Waals surface area (Å²) in [5.41, 5.74) is 1.77. The molecule has 0 aromatic heterocycles. The van der Waals surface area contributed by atoms with Gasteiger partial charge < -0.3 is 25.8 Å². The number of ether oxygens (including phenoxy) is 1. The number of carbonyl (C=O) groups is 2. The first-order chi connectivity index (χ1) is 12.3. The number of amides is 3. The summed E-state index contributed by atoms with van der Waals surface area (Å²) in [6.07, 6.45) is -0.247. The second kappa shape index (κ2) is 11.4. The lowest BCUT2D eigenvalue weighted by atomic mass is 10.0. The molecule has 0 fully saturated rings. The largest absolute Gasteiger partial charge is 0.450 e. The van der Waals surface area contributed by atoms with Crippen LogP contribution in [0.3, 0.4) is 0 Å². The maximum atomic E-state index is 12.0. The Balaban J connectivity index is 2.42. The molecule has 0 saturated heterocycles. The zero-order valence-electron chi connectivity index (χ0n) is 16.0. The van der Waals surface area contributed by atoms with E-state index in [1.54, 1.807) is 13.8 Å². The van der Waals surface area contributed by atoms with Crippen LogP contribution in [0.5, 0.6) is 0 Å². The average Bonchev–Trinajstić information content (AvgIpc) is 2.58. The second-order valence-electron chi connectivity index (χ2n) is 6.67. The third-order valence-corrected chi connectivity index (χ3v) is 3.78. The first kappa shape index (κ1) is 21.8. The quantitative estimate of drug-likeness (QED) is 0.541. The minimum absolute atomic E-state index is 0.190. The summed E-state index contributed by atoms with van der Waals surface area (Å²) in [6.45, 7) is 8.57. The molecule has 1 aromatic rings. The number of benzene rings is 1. The van der Waals surface area contributed by atoms with Crippen LogP contribution in [0.4, 0.5) is 9.59 Å². The van der Waals surface area contributed by atoms with Gasteiger partial charge in [-0.3, -0.25) is 0 Å². The van der Waals surface area contributed by atoms with Gasteiger partial charge in [0.05, 0.1) is 12.7 Å². The van der Waals surface area contributed by atoms with Crippen molar-refractivity contribution in [3.05, 3.63) is 35.4 Å². The molecule has 3 amide bonds. The van der Waals surface area contributed by atoms with Crippen molar-refractivity contribution in [3.63, 3.8) is 0 Å². The number of nitrogens with one attached hydrogen (secondary N) is 3. The molecule has 4 N–H and O–H groups in total. The van der Waals surface area contributed by atoms with E-state index in [4.69, 9.17) is 4.74 Å². The van der Waals surface area contributed by atoms with E-state index in [1.165, 1.54) is 0 Å². The number of hydrogen-bond donors (Lipinski definition) is 4. The maximum Gasteiger partial charge on any atom is 0.407 e. The van der Waals surface area contributed by atoms with E-state index in [0.29, 0.717) is 25.6 Å². The molecule has 0 saturated carbocycles. The molecule has 0 spiro atoms. The summed E-state index contributed by atoms with van der Waals surface area (Å²) in [5, 5.41) is 17.8. The number of alkyl carbamates (subject to hydrolysis) is 1. The van der Waals surface area contributed by atoms with Crippen molar-refractivity contribution in [1.29, 1.82) is 0 Å². The van der Waals surface area contributed by atoms with Crippen LogP contribution in [0, 0.1) is 5.92 Å². The lowest BCUT2D eigenvalue weighted by molar-refractivity contribution is 0.146. The zero-order chi connectivity index (χ0) is 19.5. The van der Waals surface area contributed by atoms with Crippen molar-refractivity contribution in [2.45, 2.75) is 52.8 Å². The standard InChI is InChI=1S/C19H31N3O4/c1-5-26-19(25)22-17(10-13(2)3)12-21-18(24)20-11-15-6-8-16(9-7-15)14(4)23/h6-9,13-14,17,23H,5,10-12H2,1-4H3,(H,22,25)(H2,20,21,24)/t14-,17-/m1/s1. The van der Waals surface area contributed by atoms with E-state index in [9.17, 15) is 14.7 Å². The van der Waals surface area contributed by atoms with E-state index in [2.05, 4.69) is 29.8 Å². The van der Waals surface area contributed by atoms with Gasteiger partial charge in [-0.1, -0.05) is 38.1 Å². The van der Waals surface area contributed by atoms with E-state index >= 15 is 0 Å². The highest BCUT2D eigenvalue weighted by molar-refractivity contribution is 5.74. The number of aliphatic hydroxyl groups excluding tert-OH is 1. The molecule has 0 bridgehead atoms. The van der Waals surface area contributed by atoms with Crippen LogP contribution in [0.25, 0.3) is 0 Å². The van der Waals surface area contributed by atoms with Crippen molar-refractivity contribution in [1.82, 2.24) is 16.0 Å². The number of urea groups is 1. The van der Waals surface area contributed by atoms with Crippen molar-refractivity contribution >= 4 is 12.1 Å². The highest BCUT2D eigenvalue weighted by Gasteiger charge is 2.15. The third kappa shape index (κ3) is 8.71. The monoisotopic (exact) mass is 365 g/mol. The van der Waals surface area contributed by atoms with Gasteiger partial charge in [0.2, 0.25) is 0 Å². The Labute approximate surface area is 155 Å². The van der Waals surface area contributed by atoms with E-state index < -0.39 is 12.2 Å². The number of hydrogen-bond acceptors (Lipinski definition) is 4. The summed E-state index contributed by atoms with van der Waals surface area (Å²) in [7, 11) is 0. The third-order valence-electron chi connectivity index (χ3n) is 3.78. The molecular formula is C19H31N3O4. The van der Waals surface area contributed by atoms with Crippen molar-refractivity contribution in [2.24, 2.45) is 5.92 Å². The summed E-state index contributed by atoms with van der Waals surface area (Å²) < 4.78 is 4.90. The minimum atomic E-state index is -0.509. The molecule has 26 heavy (non-hydrogen) atoms. The minimum Gasteiger partial charge on any atom is -0.450 e. The predicted molar refractivity (Wildman–Crippen MR) is 101 cm³/mol. The van der Waals surface area contributed by atoms with Crippen LogP contribution in [-0.4, -0.2) is 36.4 Å². The van der Waals surface area contributed by atoms with Crippen molar-refractivity contribution in [3.8, 4) is 0 Å². The predicted octanol–water partition coefficient (Wildman–Crippen LogP) is 2.70. The topological polar surface area (TPSA) is 99.7 Å². The molecule has 0 aliphatic carbocycles. The van der Waals surface area contributed by atoms with Crippen LogP contribution >= 0.6 is 0 Å². The second-order valence-corrected chi connectivity index (χ2v) is 6.67. The maximum absolute atomic E-state index is 12.0. The normalized spacial score (nSPS) is 13.0. The van der Waals surface area contributed by atoms with Gasteiger partial charge in [-0.15, -0.1) is 0 Å². The summed E-state index contributed by atoms with van der Waals surface area (Å²) in [6, 6.07) is 6.91. The van der Waals surface area contributed by atoms with Gasteiger partial charge >= 0.3 is 12.1 Å². The fraction of sp³-hybridized carbons (Fsp3) is 0.579. The fourth-order valence-electron chi connectivity index (χ4n) is 2.48. The Morgan fingerprint density at radius 3 is 2.31 bits per heavy atom. The first-order valence-corrected chi connectivity index (χ1v) is 9.03. The molecule has 0 radical (unpaired) electrons. The Morgan fingerprint density at radius 1 is 1.12 bits per heavy atom. The smallest absolute Gasteiger partial charge is 0.407 e. The van der Waals surface area contributed by atoms with Gasteiger partial charge in [0, 0.05) is 19.1 Å². The van der Waals surface area contributed by atoms with Crippen LogP contribution in [0.2, 0.25) is 0 Å². The summed E-state index contributed by atoms with van der Waals surface area (Å²) in [5.74, 6) is 0.374. The van der Waals surface area contributed by atoms with Crippen LogP contribution in [-0.2, 0) is 11.3 Å². The van der Waals surface area contributed by atoms with Crippen molar-refractivity contribution in [2.75, 3.05) is 13.2 Å². The molecule has 0 unspecified atom stereocenters. The lowest BCUT2D eigenvalue weighted by Gasteiger charge is -2.21. The van der Waals surface area contributed by atoms with Gasteiger partial charge in [-0.2, -0.15) is 0 Å². The molecule has 7 heteroatoms. The van der Waals surface area contributed by atoms with Gasteiger partial charge in [-0.05, 0) is 37.3 Å². The first-order valence-electron chi connectivity index (χ1n) is 9.03. The Kier molecular flexibility index (Phi) is 9.51.